The Kier molecular flexibility index (Phi) is 13.9. The molecule has 6 rings (SSSR count). The second kappa shape index (κ2) is 19.1. The molecule has 24 nitrogen and oxygen atoms in total. The number of nitrogens with one attached hydrogen (secondary N) is 2. The molecule has 1 atom stereocenters. The summed E-state index contributed by atoms with van der Waals surface area (Å²) in [6, 6.07) is 20.2. The molecule has 0 aliphatic carbocycles. The quantitative estimate of drug-likeness (QED) is 0.00721. The van der Waals surface area contributed by atoms with Gasteiger partial charge in [-0.05, 0) is 79.2 Å². The molecule has 61 heavy (non-hydrogen) atoms. The molecule has 28 heteroatoms. The summed E-state index contributed by atoms with van der Waals surface area (Å²) in [4.78, 5) is 26.5. The minimum atomic E-state index is -4.53. The second-order valence-corrected chi connectivity index (χ2v) is 17.6. The van der Waals surface area contributed by atoms with E-state index in [0.717, 1.165) is 23.0 Å². The Balaban J connectivity index is 1.28. The van der Waals surface area contributed by atoms with Gasteiger partial charge in [0.15, 0.2) is 11.7 Å². The van der Waals surface area contributed by atoms with E-state index in [1.807, 2.05) is 0 Å². The van der Waals surface area contributed by atoms with Gasteiger partial charge in [-0.15, -0.1) is 4.33 Å². The lowest BCUT2D eigenvalue weighted by molar-refractivity contribution is -0.432. The first kappa shape index (κ1) is 44.5. The van der Waals surface area contributed by atoms with E-state index in [-0.39, 0.29) is 77.2 Å². The van der Waals surface area contributed by atoms with Gasteiger partial charge in [-0.25, -0.2) is 5.26 Å². The van der Waals surface area contributed by atoms with E-state index in [9.17, 15) is 43.7 Å². The third-order valence-electron chi connectivity index (χ3n) is 7.89. The van der Waals surface area contributed by atoms with Crippen molar-refractivity contribution >= 4 is 101 Å². The highest BCUT2D eigenvalue weighted by Gasteiger charge is 2.46. The van der Waals surface area contributed by atoms with Gasteiger partial charge in [0, 0.05) is 16.5 Å². The lowest BCUT2D eigenvalue weighted by atomic mass is 10.2. The fourth-order valence-electron chi connectivity index (χ4n) is 5.04. The standard InChI is InChI=1S/C33H30N10O14S4/c44-19-20-15-23(41-40-22-3-1-4-26(16-22)60(49,50)51)7-11-27(20)34-31-36-32(38-33(37-31)43-18-30(43)61(52,53)54)35-28-12-8-24(17-29(28)55-13-2-14-59(46,47)48)42-39-21-5-9-25(10-6-21)58-57-56-45/h1,3-12,15-17,19,30,45H,2,13-14,18H2,(H,46,47,48)(H,49,50,51)(H,52,53,54)(H2,34,35,36,37,38). The second-order valence-electron chi connectivity index (χ2n) is 12.3. The number of carbonyl (C=O) groups excluding carboxylic acids is 1. The number of hydrogen-bond donors (Lipinski definition) is 6. The Hall–Kier alpha value is -6.08. The molecule has 0 radical (unpaired) electrons. The lowest BCUT2D eigenvalue weighted by Gasteiger charge is -2.15. The number of anilines is 5. The highest BCUT2D eigenvalue weighted by Crippen LogP contribution is 2.35. The molecule has 1 aliphatic rings. The van der Waals surface area contributed by atoms with E-state index in [2.05, 4.69) is 55.4 Å². The number of azo groups is 2. The van der Waals surface area contributed by atoms with E-state index in [0.29, 0.717) is 16.9 Å². The van der Waals surface area contributed by atoms with Crippen LogP contribution < -0.4 is 20.3 Å². The third-order valence-corrected chi connectivity index (χ3v) is 11.2. The highest BCUT2D eigenvalue weighted by molar-refractivity contribution is 7.94. The first-order valence-electron chi connectivity index (χ1n) is 17.0. The fraction of sp³-hybridized carbons (Fsp3) is 0.152. The van der Waals surface area contributed by atoms with Crippen molar-refractivity contribution in [3.63, 3.8) is 0 Å². The van der Waals surface area contributed by atoms with Crippen LogP contribution in [0.2, 0.25) is 0 Å². The van der Waals surface area contributed by atoms with Crippen LogP contribution in [0.5, 0.6) is 5.75 Å². The molecule has 2 heterocycles. The maximum atomic E-state index is 12.2. The van der Waals surface area contributed by atoms with Crippen molar-refractivity contribution < 1.29 is 63.1 Å². The summed E-state index contributed by atoms with van der Waals surface area (Å²) in [7, 11) is -13.3. The molecule has 1 saturated heterocycles. The molecular weight excluding hydrogens is 889 g/mol. The molecule has 1 unspecified atom stereocenters. The summed E-state index contributed by atoms with van der Waals surface area (Å²) in [6.45, 7) is -0.351. The van der Waals surface area contributed by atoms with Gasteiger partial charge in [0.1, 0.15) is 5.75 Å². The summed E-state index contributed by atoms with van der Waals surface area (Å²) in [5.74, 6) is -1.09. The molecule has 0 spiro atoms. The van der Waals surface area contributed by atoms with Gasteiger partial charge in [0.2, 0.25) is 17.8 Å². The van der Waals surface area contributed by atoms with Crippen LogP contribution in [-0.2, 0) is 39.7 Å². The van der Waals surface area contributed by atoms with E-state index in [1.54, 1.807) is 24.3 Å². The van der Waals surface area contributed by atoms with Gasteiger partial charge in [-0.2, -0.15) is 60.7 Å². The number of rotatable bonds is 20. The number of benzene rings is 4. The maximum Gasteiger partial charge on any atom is 0.294 e. The number of aromatic nitrogens is 3. The van der Waals surface area contributed by atoms with Crippen LogP contribution in [0.3, 0.4) is 0 Å². The smallest absolute Gasteiger partial charge is 0.294 e. The van der Waals surface area contributed by atoms with Gasteiger partial charge in [0.25, 0.3) is 30.4 Å². The lowest BCUT2D eigenvalue weighted by Crippen LogP contribution is -2.15. The van der Waals surface area contributed by atoms with Gasteiger partial charge in [0.05, 0.1) is 70.0 Å². The zero-order valence-corrected chi connectivity index (χ0v) is 33.9. The predicted octanol–water partition coefficient (Wildman–Crippen LogP) is 6.37. The van der Waals surface area contributed by atoms with Gasteiger partial charge < -0.3 is 20.3 Å². The minimum absolute atomic E-state index is 0.0348. The van der Waals surface area contributed by atoms with Crippen LogP contribution in [0, 0.1) is 0 Å². The molecule has 1 fully saturated rings. The Morgan fingerprint density at radius 1 is 0.770 bits per heavy atom. The average Bonchev–Trinajstić information content (AvgIpc) is 4.04. The Bertz CT molecular complexity index is 2820. The van der Waals surface area contributed by atoms with Crippen LogP contribution in [0.1, 0.15) is 16.8 Å². The molecule has 0 saturated carbocycles. The van der Waals surface area contributed by atoms with Crippen LogP contribution in [0.15, 0.2) is 115 Å². The van der Waals surface area contributed by atoms with E-state index in [1.165, 1.54) is 54.6 Å². The molecule has 1 aliphatic heterocycles. The van der Waals surface area contributed by atoms with E-state index < -0.39 is 46.4 Å². The molecule has 0 amide bonds. The summed E-state index contributed by atoms with van der Waals surface area (Å²) >= 11 is 0.751. The Labute approximate surface area is 350 Å². The predicted molar refractivity (Wildman–Crippen MR) is 216 cm³/mol. The van der Waals surface area contributed by atoms with E-state index in [4.69, 9.17) is 9.99 Å². The number of aldehydes is 1. The first-order valence-corrected chi connectivity index (χ1v) is 22.3. The van der Waals surface area contributed by atoms with Gasteiger partial charge in [-0.1, -0.05) is 11.1 Å². The molecule has 4 aromatic carbocycles. The number of hydrogen-bond acceptors (Lipinski definition) is 22. The van der Waals surface area contributed by atoms with Crippen molar-refractivity contribution in [3.8, 4) is 5.75 Å². The zero-order chi connectivity index (χ0) is 43.8. The Morgan fingerprint density at radius 3 is 1.98 bits per heavy atom. The SMILES string of the molecule is O=Cc1cc(N=Nc2cccc(S(=O)(=O)O)c2)ccc1Nc1nc(Nc2ccc(N=Nc3ccc(SOOO)cc3)cc2OCCCS(=O)(=O)O)nc(N2CC2S(=O)(=O)O)n1. The zero-order valence-electron chi connectivity index (χ0n) is 30.6. The third kappa shape index (κ3) is 13.0. The van der Waals surface area contributed by atoms with Crippen molar-refractivity contribution in [1.29, 1.82) is 0 Å². The monoisotopic (exact) mass is 918 g/mol. The molecule has 6 N–H and O–H groups in total. The van der Waals surface area contributed by atoms with Crippen molar-refractivity contribution in [1.82, 2.24) is 15.0 Å². The van der Waals surface area contributed by atoms with Crippen LogP contribution in [0.25, 0.3) is 0 Å². The molecular formula is C33H30N10O14S4. The highest BCUT2D eigenvalue weighted by atomic mass is 32.2. The van der Waals surface area contributed by atoms with Crippen molar-refractivity contribution in [2.45, 2.75) is 21.6 Å². The first-order chi connectivity index (χ1) is 29.0. The summed E-state index contributed by atoms with van der Waals surface area (Å²) < 4.78 is 108. The van der Waals surface area contributed by atoms with E-state index >= 15 is 0 Å². The molecule has 320 valence electrons. The fourth-order valence-corrected chi connectivity index (χ4v) is 7.16. The van der Waals surface area contributed by atoms with Crippen molar-refractivity contribution in [3.05, 3.63) is 90.5 Å². The topological polar surface area (TPSA) is 343 Å². The maximum absolute atomic E-state index is 12.2. The number of ether oxygens (including phenoxy) is 1. The van der Waals surface area contributed by atoms with Crippen molar-refractivity contribution in [2.75, 3.05) is 34.4 Å². The molecule has 5 aromatic rings. The Morgan fingerprint density at radius 2 is 1.38 bits per heavy atom. The van der Waals surface area contributed by atoms with Crippen LogP contribution >= 0.6 is 12.0 Å². The largest absolute Gasteiger partial charge is 0.491 e. The van der Waals surface area contributed by atoms with Gasteiger partial charge >= 0.3 is 0 Å². The van der Waals surface area contributed by atoms with Gasteiger partial charge in [-0.3, -0.25) is 18.5 Å². The number of nitrogens with zero attached hydrogens (tertiary/aromatic N) is 8. The van der Waals surface area contributed by atoms with Crippen LogP contribution in [0.4, 0.5) is 52.0 Å². The summed E-state index contributed by atoms with van der Waals surface area (Å²) in [5, 5.41) is 32.8. The molecule has 0 bridgehead atoms. The summed E-state index contributed by atoms with van der Waals surface area (Å²) in [6.07, 6.45) is 0.387. The normalized spacial score (nSPS) is 14.4. The minimum Gasteiger partial charge on any atom is -0.491 e. The molecule has 1 aromatic heterocycles. The van der Waals surface area contributed by atoms with Crippen molar-refractivity contribution in [2.24, 2.45) is 20.5 Å². The summed E-state index contributed by atoms with van der Waals surface area (Å²) in [5.41, 5.74) is 1.37. The average molecular weight is 919 g/mol. The van der Waals surface area contributed by atoms with Crippen LogP contribution in [-0.4, -0.2) is 89.7 Å². The number of carbonyl (C=O) groups is 1.